The highest BCUT2D eigenvalue weighted by Gasteiger charge is 2.09. The lowest BCUT2D eigenvalue weighted by Crippen LogP contribution is -1.91. The van der Waals surface area contributed by atoms with Crippen molar-refractivity contribution in [2.75, 3.05) is 0 Å². The van der Waals surface area contributed by atoms with E-state index in [0.717, 1.165) is 23.1 Å². The summed E-state index contributed by atoms with van der Waals surface area (Å²) in [6.07, 6.45) is 4.56. The number of hydrogen-bond acceptors (Lipinski definition) is 2. The zero-order valence-electron chi connectivity index (χ0n) is 11.2. The molecule has 0 spiro atoms. The first-order chi connectivity index (χ1) is 9.58. The first kappa shape index (κ1) is 12.5. The van der Waals surface area contributed by atoms with Crippen LogP contribution in [-0.2, 0) is 0 Å². The first-order valence-corrected chi connectivity index (χ1v) is 6.29. The zero-order chi connectivity index (χ0) is 14.3. The maximum absolute atomic E-state index is 13.3. The van der Waals surface area contributed by atoms with Gasteiger partial charge in [-0.2, -0.15) is 0 Å². The van der Waals surface area contributed by atoms with Gasteiger partial charge in [0, 0.05) is 18.0 Å². The molecule has 0 saturated carbocycles. The van der Waals surface area contributed by atoms with Crippen LogP contribution in [0, 0.1) is 19.7 Å². The van der Waals surface area contributed by atoms with Crippen LogP contribution in [0.5, 0.6) is 0 Å². The number of rotatable bonds is 2. The van der Waals surface area contributed by atoms with Gasteiger partial charge in [0.1, 0.15) is 11.5 Å². The summed E-state index contributed by atoms with van der Waals surface area (Å²) in [5.41, 5.74) is 4.28. The number of fused-ring (bicyclic) bond motifs is 1. The predicted molar refractivity (Wildman–Crippen MR) is 75.4 cm³/mol. The molecule has 2 heterocycles. The van der Waals surface area contributed by atoms with Crippen molar-refractivity contribution in [3.8, 4) is 11.3 Å². The van der Waals surface area contributed by atoms with E-state index in [1.165, 1.54) is 6.07 Å². The van der Waals surface area contributed by atoms with Crippen LogP contribution in [0.4, 0.5) is 4.39 Å². The number of carbonyl (C=O) groups is 1. The van der Waals surface area contributed by atoms with Crippen molar-refractivity contribution in [3.63, 3.8) is 0 Å². The minimum Gasteiger partial charge on any atom is -0.306 e. The summed E-state index contributed by atoms with van der Waals surface area (Å²) < 4.78 is 15.1. The number of pyridine rings is 1. The third kappa shape index (κ3) is 1.99. The van der Waals surface area contributed by atoms with Gasteiger partial charge in [-0.25, -0.2) is 9.37 Å². The Kier molecular flexibility index (Phi) is 2.86. The molecule has 100 valence electrons. The van der Waals surface area contributed by atoms with E-state index in [1.54, 1.807) is 25.1 Å². The summed E-state index contributed by atoms with van der Waals surface area (Å²) in [7, 11) is 0. The van der Waals surface area contributed by atoms with Crippen LogP contribution in [-0.4, -0.2) is 15.7 Å². The van der Waals surface area contributed by atoms with Gasteiger partial charge in [0.15, 0.2) is 6.29 Å². The van der Waals surface area contributed by atoms with E-state index in [2.05, 4.69) is 4.98 Å². The lowest BCUT2D eigenvalue weighted by molar-refractivity contribution is 0.112. The van der Waals surface area contributed by atoms with E-state index in [1.807, 2.05) is 23.7 Å². The second-order valence-electron chi connectivity index (χ2n) is 4.91. The van der Waals surface area contributed by atoms with E-state index < -0.39 is 0 Å². The number of aryl methyl sites for hydroxylation is 2. The molecule has 0 unspecified atom stereocenters. The summed E-state index contributed by atoms with van der Waals surface area (Å²) in [6, 6.07) is 6.68. The molecule has 0 N–H and O–H groups in total. The number of carbonyl (C=O) groups excluding carboxylic acids is 1. The Morgan fingerprint density at radius 2 is 2.00 bits per heavy atom. The van der Waals surface area contributed by atoms with Crippen LogP contribution < -0.4 is 0 Å². The first-order valence-electron chi connectivity index (χ1n) is 6.29. The van der Waals surface area contributed by atoms with Crippen LogP contribution in [0.1, 0.15) is 21.5 Å². The fourth-order valence-electron chi connectivity index (χ4n) is 2.30. The summed E-state index contributed by atoms with van der Waals surface area (Å²) in [5, 5.41) is 0. The third-order valence-electron chi connectivity index (χ3n) is 3.30. The molecule has 0 saturated heterocycles. The summed E-state index contributed by atoms with van der Waals surface area (Å²) >= 11 is 0. The summed E-state index contributed by atoms with van der Waals surface area (Å²) in [6.45, 7) is 3.64. The fraction of sp³-hybridized carbons (Fsp3) is 0.125. The van der Waals surface area contributed by atoms with E-state index in [4.69, 9.17) is 0 Å². The standard InChI is InChI=1S/C16H13FN2O/c1-10-5-13(9-20)16-18-15(8-19(16)7-10)12-3-4-14(17)11(2)6-12/h3-9H,1-2H3. The van der Waals surface area contributed by atoms with Crippen LogP contribution in [0.3, 0.4) is 0 Å². The SMILES string of the molecule is Cc1cc(C=O)c2nc(-c3ccc(F)c(C)c3)cn2c1. The molecule has 0 atom stereocenters. The highest BCUT2D eigenvalue weighted by Crippen LogP contribution is 2.23. The molecule has 0 fully saturated rings. The van der Waals surface area contributed by atoms with Gasteiger partial charge < -0.3 is 4.40 Å². The lowest BCUT2D eigenvalue weighted by Gasteiger charge is -1.99. The minimum atomic E-state index is -0.234. The molecule has 1 aromatic carbocycles. The van der Waals surface area contributed by atoms with Crippen molar-refractivity contribution < 1.29 is 9.18 Å². The van der Waals surface area contributed by atoms with Crippen LogP contribution in [0.25, 0.3) is 16.9 Å². The molecule has 0 aliphatic heterocycles. The zero-order valence-corrected chi connectivity index (χ0v) is 11.2. The Morgan fingerprint density at radius 3 is 2.70 bits per heavy atom. The van der Waals surface area contributed by atoms with Crippen LogP contribution >= 0.6 is 0 Å². The molecule has 3 aromatic rings. The topological polar surface area (TPSA) is 34.4 Å². The second kappa shape index (κ2) is 4.56. The lowest BCUT2D eigenvalue weighted by atomic mass is 10.1. The highest BCUT2D eigenvalue weighted by atomic mass is 19.1. The maximum Gasteiger partial charge on any atom is 0.153 e. The average molecular weight is 268 g/mol. The molecule has 0 radical (unpaired) electrons. The van der Waals surface area contributed by atoms with Crippen LogP contribution in [0.2, 0.25) is 0 Å². The molecule has 4 heteroatoms. The van der Waals surface area contributed by atoms with Crippen molar-refractivity contribution in [1.29, 1.82) is 0 Å². The molecule has 20 heavy (non-hydrogen) atoms. The Balaban J connectivity index is 2.22. The Hall–Kier alpha value is -2.49. The van der Waals surface area contributed by atoms with E-state index >= 15 is 0 Å². The number of halogens is 1. The summed E-state index contributed by atoms with van der Waals surface area (Å²) in [5.74, 6) is -0.234. The number of hydrogen-bond donors (Lipinski definition) is 0. The third-order valence-corrected chi connectivity index (χ3v) is 3.30. The second-order valence-corrected chi connectivity index (χ2v) is 4.91. The van der Waals surface area contributed by atoms with Crippen molar-refractivity contribution in [1.82, 2.24) is 9.38 Å². The molecular weight excluding hydrogens is 255 g/mol. The number of benzene rings is 1. The van der Waals surface area contributed by atoms with Gasteiger partial charge in [0.2, 0.25) is 0 Å². The van der Waals surface area contributed by atoms with Gasteiger partial charge in [-0.3, -0.25) is 4.79 Å². The van der Waals surface area contributed by atoms with Gasteiger partial charge in [-0.05, 0) is 49.2 Å². The van der Waals surface area contributed by atoms with Gasteiger partial charge in [0.25, 0.3) is 0 Å². The van der Waals surface area contributed by atoms with Gasteiger partial charge in [-0.1, -0.05) is 0 Å². The van der Waals surface area contributed by atoms with Gasteiger partial charge >= 0.3 is 0 Å². The monoisotopic (exact) mass is 268 g/mol. The molecule has 3 nitrogen and oxygen atoms in total. The number of imidazole rings is 1. The highest BCUT2D eigenvalue weighted by molar-refractivity contribution is 5.85. The number of nitrogens with zero attached hydrogens (tertiary/aromatic N) is 2. The minimum absolute atomic E-state index is 0.234. The Morgan fingerprint density at radius 1 is 1.20 bits per heavy atom. The van der Waals surface area contributed by atoms with Crippen molar-refractivity contribution >= 4 is 11.9 Å². The normalized spacial score (nSPS) is 10.9. The Bertz CT molecular complexity index is 821. The largest absolute Gasteiger partial charge is 0.306 e. The molecule has 0 bridgehead atoms. The molecule has 2 aromatic heterocycles. The molecule has 0 aliphatic carbocycles. The smallest absolute Gasteiger partial charge is 0.153 e. The van der Waals surface area contributed by atoms with Crippen molar-refractivity contribution in [2.24, 2.45) is 0 Å². The number of aldehydes is 1. The maximum atomic E-state index is 13.3. The number of aromatic nitrogens is 2. The van der Waals surface area contributed by atoms with E-state index in [0.29, 0.717) is 16.8 Å². The summed E-state index contributed by atoms with van der Waals surface area (Å²) in [4.78, 5) is 15.6. The Labute approximate surface area is 115 Å². The van der Waals surface area contributed by atoms with Crippen molar-refractivity contribution in [2.45, 2.75) is 13.8 Å². The molecular formula is C16H13FN2O. The molecule has 0 amide bonds. The van der Waals surface area contributed by atoms with Gasteiger partial charge in [0.05, 0.1) is 11.3 Å². The van der Waals surface area contributed by atoms with Crippen molar-refractivity contribution in [3.05, 3.63) is 59.2 Å². The van der Waals surface area contributed by atoms with E-state index in [-0.39, 0.29) is 5.82 Å². The van der Waals surface area contributed by atoms with Crippen LogP contribution in [0.15, 0.2) is 36.7 Å². The quantitative estimate of drug-likeness (QED) is 0.666. The predicted octanol–water partition coefficient (Wildman–Crippen LogP) is 3.57. The molecule has 3 rings (SSSR count). The molecule has 0 aliphatic rings. The average Bonchev–Trinajstić information content (AvgIpc) is 2.84. The fourth-order valence-corrected chi connectivity index (χ4v) is 2.30. The van der Waals surface area contributed by atoms with E-state index in [9.17, 15) is 9.18 Å². The van der Waals surface area contributed by atoms with Gasteiger partial charge in [-0.15, -0.1) is 0 Å².